The number of aliphatic carboxylic acids is 1. The van der Waals surface area contributed by atoms with Crippen molar-refractivity contribution in [1.82, 2.24) is 0 Å². The molecule has 0 heterocycles. The second kappa shape index (κ2) is 9.96. The van der Waals surface area contributed by atoms with Gasteiger partial charge in [0.05, 0.1) is 19.3 Å². The second-order valence-corrected chi connectivity index (χ2v) is 4.43. The zero-order chi connectivity index (χ0) is 15.5. The van der Waals surface area contributed by atoms with Crippen LogP contribution in [0.2, 0.25) is 0 Å². The number of carboxylic acids is 1. The molecule has 1 aromatic rings. The van der Waals surface area contributed by atoms with Crippen LogP contribution in [0.1, 0.15) is 19.4 Å². The van der Waals surface area contributed by atoms with Crippen LogP contribution in [0.4, 0.5) is 0 Å². The molecule has 0 radical (unpaired) electrons. The quantitative estimate of drug-likeness (QED) is 0.531. The Bertz CT molecular complexity index is 456. The maximum absolute atomic E-state index is 10.5. The molecule has 1 atom stereocenters. The highest BCUT2D eigenvalue weighted by Crippen LogP contribution is 2.14. The van der Waals surface area contributed by atoms with Crippen LogP contribution in [-0.4, -0.2) is 43.6 Å². The molecule has 1 unspecified atom stereocenters. The predicted molar refractivity (Wildman–Crippen MR) is 80.5 cm³/mol. The highest BCUT2D eigenvalue weighted by Gasteiger charge is 2.02. The monoisotopic (exact) mass is 294 g/mol. The summed E-state index contributed by atoms with van der Waals surface area (Å²) in [4.78, 5) is 10.5. The van der Waals surface area contributed by atoms with Crippen molar-refractivity contribution in [2.75, 3.05) is 26.4 Å². The van der Waals surface area contributed by atoms with Crippen LogP contribution < -0.4 is 4.74 Å². The number of carbonyl (C=O) groups is 1. The van der Waals surface area contributed by atoms with Gasteiger partial charge in [0.2, 0.25) is 0 Å². The van der Waals surface area contributed by atoms with Gasteiger partial charge in [-0.25, -0.2) is 4.79 Å². The average molecular weight is 294 g/mol. The lowest BCUT2D eigenvalue weighted by molar-refractivity contribution is -0.131. The van der Waals surface area contributed by atoms with Crippen molar-refractivity contribution in [3.05, 3.63) is 35.9 Å². The summed E-state index contributed by atoms with van der Waals surface area (Å²) in [6, 6.07) is 7.23. The highest BCUT2D eigenvalue weighted by atomic mass is 16.5. The number of hydrogen-bond donors (Lipinski definition) is 1. The lowest BCUT2D eigenvalue weighted by Gasteiger charge is -2.13. The molecule has 0 fully saturated rings. The summed E-state index contributed by atoms with van der Waals surface area (Å²) in [5, 5.41) is 8.59. The number of hydrogen-bond acceptors (Lipinski definition) is 4. The van der Waals surface area contributed by atoms with Crippen molar-refractivity contribution < 1.29 is 24.1 Å². The maximum atomic E-state index is 10.5. The summed E-state index contributed by atoms with van der Waals surface area (Å²) < 4.78 is 16.3. The van der Waals surface area contributed by atoms with Crippen LogP contribution in [0.25, 0.3) is 6.08 Å². The Morgan fingerprint density at radius 2 is 2.19 bits per heavy atom. The van der Waals surface area contributed by atoms with Gasteiger partial charge < -0.3 is 19.3 Å². The van der Waals surface area contributed by atoms with E-state index < -0.39 is 5.97 Å². The Labute approximate surface area is 125 Å². The standard InChI is InChI=1S/C16H22O5/c1-3-19-12-13(2)20-9-10-21-15-6-4-5-14(11-15)7-8-16(17)18/h4-8,11,13H,3,9-10,12H2,1-2H3,(H,17,18)/b8-7+. The molecule has 0 aliphatic rings. The molecule has 0 bridgehead atoms. The van der Waals surface area contributed by atoms with E-state index in [4.69, 9.17) is 19.3 Å². The molecule has 1 aromatic carbocycles. The molecule has 0 saturated carbocycles. The molecule has 1 N–H and O–H groups in total. The first-order chi connectivity index (χ1) is 10.1. The lowest BCUT2D eigenvalue weighted by Crippen LogP contribution is -2.19. The van der Waals surface area contributed by atoms with E-state index in [1.54, 1.807) is 6.07 Å². The molecule has 0 aliphatic carbocycles. The highest BCUT2D eigenvalue weighted by molar-refractivity contribution is 5.85. The average Bonchev–Trinajstić information content (AvgIpc) is 2.48. The first-order valence-electron chi connectivity index (χ1n) is 6.95. The number of carboxylic acid groups (broad SMARTS) is 1. The molecule has 5 heteroatoms. The first-order valence-corrected chi connectivity index (χ1v) is 6.95. The van der Waals surface area contributed by atoms with Crippen molar-refractivity contribution in [3.63, 3.8) is 0 Å². The molecule has 1 rings (SSSR count). The summed E-state index contributed by atoms with van der Waals surface area (Å²) >= 11 is 0. The Hall–Kier alpha value is -1.85. The summed E-state index contributed by atoms with van der Waals surface area (Å²) in [6.45, 7) is 6.06. The Kier molecular flexibility index (Phi) is 8.16. The lowest BCUT2D eigenvalue weighted by atomic mass is 10.2. The van der Waals surface area contributed by atoms with Crippen LogP contribution in [0.15, 0.2) is 30.3 Å². The van der Waals surface area contributed by atoms with Crippen molar-refractivity contribution in [2.24, 2.45) is 0 Å². The first kappa shape index (κ1) is 17.2. The minimum absolute atomic E-state index is 0.0402. The van der Waals surface area contributed by atoms with Gasteiger partial charge >= 0.3 is 5.97 Å². The van der Waals surface area contributed by atoms with Crippen molar-refractivity contribution in [1.29, 1.82) is 0 Å². The predicted octanol–water partition coefficient (Wildman–Crippen LogP) is 2.60. The minimum Gasteiger partial charge on any atom is -0.491 e. The van der Waals surface area contributed by atoms with Gasteiger partial charge in [-0.05, 0) is 37.6 Å². The van der Waals surface area contributed by atoms with Gasteiger partial charge in [0.15, 0.2) is 0 Å². The van der Waals surface area contributed by atoms with E-state index in [1.807, 2.05) is 32.0 Å². The fourth-order valence-electron chi connectivity index (χ4n) is 1.62. The minimum atomic E-state index is -0.974. The summed E-state index contributed by atoms with van der Waals surface area (Å²) in [7, 11) is 0. The molecular weight excluding hydrogens is 272 g/mol. The number of ether oxygens (including phenoxy) is 3. The van der Waals surface area contributed by atoms with Crippen LogP contribution >= 0.6 is 0 Å². The summed E-state index contributed by atoms with van der Waals surface area (Å²) in [5.41, 5.74) is 0.778. The third-order valence-electron chi connectivity index (χ3n) is 2.59. The van der Waals surface area contributed by atoms with Crippen molar-refractivity contribution in [2.45, 2.75) is 20.0 Å². The van der Waals surface area contributed by atoms with Crippen LogP contribution in [0.3, 0.4) is 0 Å². The van der Waals surface area contributed by atoms with Crippen LogP contribution in [-0.2, 0) is 14.3 Å². The fraction of sp³-hybridized carbons (Fsp3) is 0.438. The molecule has 5 nitrogen and oxygen atoms in total. The number of rotatable bonds is 10. The van der Waals surface area contributed by atoms with Gasteiger partial charge in [0.1, 0.15) is 12.4 Å². The van der Waals surface area contributed by atoms with E-state index in [1.165, 1.54) is 6.08 Å². The molecule has 21 heavy (non-hydrogen) atoms. The molecular formula is C16H22O5. The SMILES string of the molecule is CCOCC(C)OCCOc1cccc(/C=C/C(=O)O)c1. The zero-order valence-electron chi connectivity index (χ0n) is 12.5. The van der Waals surface area contributed by atoms with Gasteiger partial charge in [0.25, 0.3) is 0 Å². The maximum Gasteiger partial charge on any atom is 0.328 e. The molecule has 0 saturated heterocycles. The molecule has 116 valence electrons. The van der Waals surface area contributed by atoms with E-state index in [-0.39, 0.29) is 6.10 Å². The van der Waals surface area contributed by atoms with E-state index in [0.717, 1.165) is 11.6 Å². The van der Waals surface area contributed by atoms with Gasteiger partial charge in [-0.2, -0.15) is 0 Å². The van der Waals surface area contributed by atoms with Gasteiger partial charge in [-0.1, -0.05) is 12.1 Å². The topological polar surface area (TPSA) is 65.0 Å². The molecule has 0 spiro atoms. The van der Waals surface area contributed by atoms with Gasteiger partial charge in [-0.15, -0.1) is 0 Å². The smallest absolute Gasteiger partial charge is 0.328 e. The fourth-order valence-corrected chi connectivity index (χ4v) is 1.62. The van der Waals surface area contributed by atoms with Crippen molar-refractivity contribution in [3.8, 4) is 5.75 Å². The Morgan fingerprint density at radius 3 is 2.90 bits per heavy atom. The zero-order valence-corrected chi connectivity index (χ0v) is 12.5. The third-order valence-corrected chi connectivity index (χ3v) is 2.59. The Morgan fingerprint density at radius 1 is 1.38 bits per heavy atom. The number of benzene rings is 1. The largest absolute Gasteiger partial charge is 0.491 e. The van der Waals surface area contributed by atoms with E-state index in [9.17, 15) is 4.79 Å². The molecule has 0 aromatic heterocycles. The van der Waals surface area contributed by atoms with E-state index in [0.29, 0.717) is 32.2 Å². The molecule has 0 amide bonds. The van der Waals surface area contributed by atoms with Crippen LogP contribution in [0.5, 0.6) is 5.75 Å². The normalized spacial score (nSPS) is 12.5. The summed E-state index contributed by atoms with van der Waals surface area (Å²) in [6.07, 6.45) is 2.66. The van der Waals surface area contributed by atoms with Gasteiger partial charge in [-0.3, -0.25) is 0 Å². The van der Waals surface area contributed by atoms with Crippen molar-refractivity contribution >= 4 is 12.0 Å². The van der Waals surface area contributed by atoms with Gasteiger partial charge in [0, 0.05) is 12.7 Å². The Balaban J connectivity index is 2.32. The summed E-state index contributed by atoms with van der Waals surface area (Å²) in [5.74, 6) is -0.290. The second-order valence-electron chi connectivity index (χ2n) is 4.43. The third kappa shape index (κ3) is 8.12. The van der Waals surface area contributed by atoms with E-state index >= 15 is 0 Å². The van der Waals surface area contributed by atoms with E-state index in [2.05, 4.69) is 0 Å². The molecule has 0 aliphatic heterocycles. The van der Waals surface area contributed by atoms with Crippen LogP contribution in [0, 0.1) is 0 Å².